The predicted octanol–water partition coefficient (Wildman–Crippen LogP) is 3.40. The molecule has 0 unspecified atom stereocenters. The molecule has 1 aromatic carbocycles. The molecule has 0 atom stereocenters. The molecule has 0 amide bonds. The average Bonchev–Trinajstić information content (AvgIpc) is 3.11. The van der Waals surface area contributed by atoms with E-state index in [2.05, 4.69) is 16.9 Å². The second kappa shape index (κ2) is 4.92. The molecule has 2 aromatic heterocycles. The van der Waals surface area contributed by atoms with Crippen molar-refractivity contribution in [3.8, 4) is 23.1 Å². The minimum atomic E-state index is 0.659. The van der Waals surface area contributed by atoms with Crippen LogP contribution in [0.4, 0.5) is 0 Å². The largest absolute Gasteiger partial charge is 0.493 e. The van der Waals surface area contributed by atoms with Crippen molar-refractivity contribution in [2.75, 3.05) is 14.2 Å². The molecule has 0 bridgehead atoms. The molecule has 0 radical (unpaired) electrons. The zero-order chi connectivity index (χ0) is 14.1. The van der Waals surface area contributed by atoms with Gasteiger partial charge in [0, 0.05) is 18.6 Å². The van der Waals surface area contributed by atoms with Crippen LogP contribution in [0.1, 0.15) is 12.7 Å². The Morgan fingerprint density at radius 1 is 1.15 bits per heavy atom. The third-order valence-corrected chi connectivity index (χ3v) is 3.23. The highest BCUT2D eigenvalue weighted by Gasteiger charge is 2.13. The van der Waals surface area contributed by atoms with E-state index in [-0.39, 0.29) is 0 Å². The number of aromatic amines is 1. The quantitative estimate of drug-likeness (QED) is 0.790. The van der Waals surface area contributed by atoms with Crippen LogP contribution in [0.15, 0.2) is 28.7 Å². The molecule has 20 heavy (non-hydrogen) atoms. The molecule has 2 heterocycles. The Morgan fingerprint density at radius 3 is 2.55 bits per heavy atom. The minimum Gasteiger partial charge on any atom is -0.493 e. The summed E-state index contributed by atoms with van der Waals surface area (Å²) in [6.07, 6.45) is 0.863. The number of fused-ring (bicyclic) bond motifs is 1. The number of furan rings is 1. The molecule has 1 N–H and O–H groups in total. The van der Waals surface area contributed by atoms with E-state index in [1.54, 1.807) is 14.2 Å². The summed E-state index contributed by atoms with van der Waals surface area (Å²) in [6, 6.07) is 7.60. The second-order valence-corrected chi connectivity index (χ2v) is 4.43. The molecule has 0 aliphatic rings. The number of H-pyrrole nitrogens is 1. The zero-order valence-corrected chi connectivity index (χ0v) is 11.7. The number of aromatic nitrogens is 2. The molecule has 104 valence electrons. The number of nitrogens with one attached hydrogen (secondary N) is 1. The molecular formula is C15H16N2O3. The normalized spacial score (nSPS) is 10.9. The van der Waals surface area contributed by atoms with Gasteiger partial charge in [-0.3, -0.25) is 0 Å². The van der Waals surface area contributed by atoms with E-state index in [9.17, 15) is 0 Å². The van der Waals surface area contributed by atoms with Crippen molar-refractivity contribution < 1.29 is 13.9 Å². The van der Waals surface area contributed by atoms with E-state index in [0.29, 0.717) is 17.3 Å². The molecule has 0 saturated carbocycles. The monoisotopic (exact) mass is 272 g/mol. The van der Waals surface area contributed by atoms with Gasteiger partial charge >= 0.3 is 0 Å². The smallest absolute Gasteiger partial charge is 0.174 e. The maximum absolute atomic E-state index is 5.71. The van der Waals surface area contributed by atoms with Gasteiger partial charge in [-0.15, -0.1) is 0 Å². The van der Waals surface area contributed by atoms with Gasteiger partial charge in [-0.1, -0.05) is 6.92 Å². The molecule has 0 aliphatic heterocycles. The first-order valence-corrected chi connectivity index (χ1v) is 6.46. The minimum absolute atomic E-state index is 0.659. The Labute approximate surface area is 116 Å². The van der Waals surface area contributed by atoms with Crippen molar-refractivity contribution in [3.05, 3.63) is 30.0 Å². The van der Waals surface area contributed by atoms with Gasteiger partial charge < -0.3 is 18.9 Å². The standard InChI is InChI=1S/C15H16N2O3/c1-4-9-5-6-12(20-9)15-16-10-7-13(18-2)14(19-3)8-11(10)17-15/h5-8H,4H2,1-3H3,(H,16,17). The van der Waals surface area contributed by atoms with Crippen LogP contribution in [0.25, 0.3) is 22.6 Å². The first kappa shape index (κ1) is 12.6. The van der Waals surface area contributed by atoms with Crippen LogP contribution in [0.3, 0.4) is 0 Å². The fourth-order valence-electron chi connectivity index (χ4n) is 2.15. The molecule has 5 nitrogen and oxygen atoms in total. The van der Waals surface area contributed by atoms with E-state index >= 15 is 0 Å². The fraction of sp³-hybridized carbons (Fsp3) is 0.267. The third kappa shape index (κ3) is 2.01. The summed E-state index contributed by atoms with van der Waals surface area (Å²) in [7, 11) is 3.22. The lowest BCUT2D eigenvalue weighted by atomic mass is 10.3. The summed E-state index contributed by atoms with van der Waals surface area (Å²) in [5.41, 5.74) is 1.69. The Morgan fingerprint density at radius 2 is 1.90 bits per heavy atom. The van der Waals surface area contributed by atoms with Crippen LogP contribution < -0.4 is 9.47 Å². The summed E-state index contributed by atoms with van der Waals surface area (Å²) in [6.45, 7) is 2.05. The molecule has 3 aromatic rings. The number of imidazole rings is 1. The van der Waals surface area contributed by atoms with Crippen LogP contribution in [0, 0.1) is 0 Å². The van der Waals surface area contributed by atoms with E-state index in [1.165, 1.54) is 0 Å². The Hall–Kier alpha value is -2.43. The summed E-state index contributed by atoms with van der Waals surface area (Å²) in [4.78, 5) is 7.76. The van der Waals surface area contributed by atoms with E-state index in [4.69, 9.17) is 13.9 Å². The van der Waals surface area contributed by atoms with Gasteiger partial charge in [-0.25, -0.2) is 4.98 Å². The lowest BCUT2D eigenvalue weighted by Crippen LogP contribution is -1.89. The van der Waals surface area contributed by atoms with Gasteiger partial charge in [0.25, 0.3) is 0 Å². The van der Waals surface area contributed by atoms with Crippen LogP contribution >= 0.6 is 0 Å². The first-order valence-electron chi connectivity index (χ1n) is 6.46. The number of benzene rings is 1. The van der Waals surface area contributed by atoms with Gasteiger partial charge in [-0.2, -0.15) is 0 Å². The molecule has 0 aliphatic carbocycles. The second-order valence-electron chi connectivity index (χ2n) is 4.43. The van der Waals surface area contributed by atoms with Gasteiger partial charge in [-0.05, 0) is 12.1 Å². The van der Waals surface area contributed by atoms with Crippen molar-refractivity contribution in [2.24, 2.45) is 0 Å². The average molecular weight is 272 g/mol. The molecule has 0 fully saturated rings. The van der Waals surface area contributed by atoms with E-state index < -0.39 is 0 Å². The van der Waals surface area contributed by atoms with Crippen LogP contribution in [-0.2, 0) is 6.42 Å². The fourth-order valence-corrected chi connectivity index (χ4v) is 2.15. The number of hydrogen-bond donors (Lipinski definition) is 1. The van der Waals surface area contributed by atoms with Gasteiger partial charge in [0.1, 0.15) is 5.76 Å². The highest BCUT2D eigenvalue weighted by Crippen LogP contribution is 2.32. The third-order valence-electron chi connectivity index (χ3n) is 3.23. The maximum Gasteiger partial charge on any atom is 0.174 e. The number of ether oxygens (including phenoxy) is 2. The SMILES string of the molecule is CCc1ccc(-c2nc3cc(OC)c(OC)cc3[nH]2)o1. The summed E-state index contributed by atoms with van der Waals surface area (Å²) in [5, 5.41) is 0. The Balaban J connectivity index is 2.10. The number of rotatable bonds is 4. The zero-order valence-electron chi connectivity index (χ0n) is 11.7. The van der Waals surface area contributed by atoms with Crippen LogP contribution in [0.2, 0.25) is 0 Å². The van der Waals surface area contributed by atoms with Crippen molar-refractivity contribution in [1.82, 2.24) is 9.97 Å². The number of nitrogens with zero attached hydrogens (tertiary/aromatic N) is 1. The number of aryl methyl sites for hydroxylation is 1. The van der Waals surface area contributed by atoms with Gasteiger partial charge in [0.15, 0.2) is 23.1 Å². The molecular weight excluding hydrogens is 256 g/mol. The van der Waals surface area contributed by atoms with Crippen molar-refractivity contribution in [3.63, 3.8) is 0 Å². The van der Waals surface area contributed by atoms with Crippen molar-refractivity contribution in [2.45, 2.75) is 13.3 Å². The maximum atomic E-state index is 5.71. The Bertz CT molecular complexity index is 702. The molecule has 5 heteroatoms. The number of hydrogen-bond acceptors (Lipinski definition) is 4. The molecule has 0 spiro atoms. The van der Waals surface area contributed by atoms with Crippen molar-refractivity contribution >= 4 is 11.0 Å². The Kier molecular flexibility index (Phi) is 3.10. The van der Waals surface area contributed by atoms with Crippen LogP contribution in [0.5, 0.6) is 11.5 Å². The molecule has 0 saturated heterocycles. The highest BCUT2D eigenvalue weighted by molar-refractivity contribution is 5.82. The predicted molar refractivity (Wildman–Crippen MR) is 76.3 cm³/mol. The van der Waals surface area contributed by atoms with Gasteiger partial charge in [0.05, 0.1) is 25.3 Å². The van der Waals surface area contributed by atoms with Crippen LogP contribution in [-0.4, -0.2) is 24.2 Å². The first-order chi connectivity index (χ1) is 9.75. The summed E-state index contributed by atoms with van der Waals surface area (Å²) < 4.78 is 16.3. The topological polar surface area (TPSA) is 60.3 Å². The van der Waals surface area contributed by atoms with E-state index in [1.807, 2.05) is 24.3 Å². The molecule has 3 rings (SSSR count). The lowest BCUT2D eigenvalue weighted by Gasteiger charge is -2.06. The van der Waals surface area contributed by atoms with Gasteiger partial charge in [0.2, 0.25) is 0 Å². The summed E-state index contributed by atoms with van der Waals surface area (Å²) in [5.74, 6) is 3.71. The number of methoxy groups -OCH3 is 2. The van der Waals surface area contributed by atoms with E-state index in [0.717, 1.165) is 29.0 Å². The lowest BCUT2D eigenvalue weighted by molar-refractivity contribution is 0.356. The highest BCUT2D eigenvalue weighted by atomic mass is 16.5. The van der Waals surface area contributed by atoms with Crippen molar-refractivity contribution in [1.29, 1.82) is 0 Å². The summed E-state index contributed by atoms with van der Waals surface area (Å²) >= 11 is 0.